The molecule has 0 aromatic heterocycles. The molecule has 0 spiro atoms. The van der Waals surface area contributed by atoms with E-state index >= 15 is 0 Å². The summed E-state index contributed by atoms with van der Waals surface area (Å²) in [5.41, 5.74) is 4.53. The molecule has 0 amide bonds. The Hall–Kier alpha value is -2.56. The van der Waals surface area contributed by atoms with Gasteiger partial charge in [0, 0.05) is 5.82 Å². The van der Waals surface area contributed by atoms with Gasteiger partial charge in [-0.25, -0.2) is 4.39 Å². The number of carbonyl (C=O) groups excluding carboxylic acids is 1. The van der Waals surface area contributed by atoms with Crippen LogP contribution in [0.25, 0.3) is 17.2 Å². The third-order valence-electron chi connectivity index (χ3n) is 4.23. The molecular formula is C21H22FO5P. The first-order chi connectivity index (χ1) is 13.0. The standard InChI is InChI=1S/C21H22FO5P/c1-13-8-14(2)18(6-7-28(26,27)12-17(23)11-21(24)25)19(9-13)16-4-5-20(22)15(3)10-16/h4-10H,11-12H2,1-3H3,(H,24,25)(H,26,27). The first-order valence-electron chi connectivity index (χ1n) is 8.60. The molecule has 2 aromatic rings. The zero-order valence-corrected chi connectivity index (χ0v) is 16.8. The SMILES string of the molecule is Cc1cc(C)c(C=CP(=O)(O)CC(=O)CC(=O)O)c(-c2ccc(F)c(C)c2)c1. The first-order valence-corrected chi connectivity index (χ1v) is 10.5. The van der Waals surface area contributed by atoms with Crippen LogP contribution in [0.15, 0.2) is 36.1 Å². The highest BCUT2D eigenvalue weighted by atomic mass is 31.2. The lowest BCUT2D eigenvalue weighted by molar-refractivity contribution is -0.139. The van der Waals surface area contributed by atoms with Gasteiger partial charge in [0.1, 0.15) is 12.2 Å². The third-order valence-corrected chi connectivity index (χ3v) is 5.65. The number of aliphatic carboxylic acids is 1. The Morgan fingerprint density at radius 3 is 2.39 bits per heavy atom. The molecule has 28 heavy (non-hydrogen) atoms. The van der Waals surface area contributed by atoms with Gasteiger partial charge in [-0.05, 0) is 66.8 Å². The van der Waals surface area contributed by atoms with E-state index in [1.165, 1.54) is 12.1 Å². The van der Waals surface area contributed by atoms with Crippen molar-refractivity contribution in [3.8, 4) is 11.1 Å². The van der Waals surface area contributed by atoms with Crippen LogP contribution in [0, 0.1) is 26.6 Å². The molecule has 0 aliphatic rings. The van der Waals surface area contributed by atoms with Crippen LogP contribution in [-0.4, -0.2) is 27.9 Å². The number of aryl methyl sites for hydroxylation is 3. The molecule has 2 N–H and O–H groups in total. The Morgan fingerprint density at radius 1 is 1.11 bits per heavy atom. The molecule has 0 fully saturated rings. The van der Waals surface area contributed by atoms with Crippen LogP contribution in [0.1, 0.15) is 28.7 Å². The summed E-state index contributed by atoms with van der Waals surface area (Å²) in [5.74, 6) is -1.40. The quantitative estimate of drug-likeness (QED) is 0.515. The third kappa shape index (κ3) is 5.72. The molecule has 0 aliphatic carbocycles. The number of carboxylic acids is 1. The summed E-state index contributed by atoms with van der Waals surface area (Å²) in [4.78, 5) is 32.2. The molecule has 1 atom stereocenters. The van der Waals surface area contributed by atoms with E-state index in [-0.39, 0.29) is 5.82 Å². The molecule has 0 saturated heterocycles. The second kappa shape index (κ2) is 8.63. The molecule has 2 rings (SSSR count). The number of ketones is 1. The van der Waals surface area contributed by atoms with Crippen LogP contribution in [0.2, 0.25) is 0 Å². The van der Waals surface area contributed by atoms with Gasteiger partial charge in [0.15, 0.2) is 5.78 Å². The van der Waals surface area contributed by atoms with Crippen molar-refractivity contribution in [3.05, 3.63) is 64.2 Å². The zero-order valence-electron chi connectivity index (χ0n) is 15.9. The van der Waals surface area contributed by atoms with Crippen LogP contribution in [0.5, 0.6) is 0 Å². The van der Waals surface area contributed by atoms with Gasteiger partial charge in [-0.2, -0.15) is 0 Å². The van der Waals surface area contributed by atoms with Crippen molar-refractivity contribution < 1.29 is 28.5 Å². The molecule has 2 aromatic carbocycles. The van der Waals surface area contributed by atoms with E-state index in [4.69, 9.17) is 5.11 Å². The highest BCUT2D eigenvalue weighted by molar-refractivity contribution is 7.62. The Morgan fingerprint density at radius 2 is 1.79 bits per heavy atom. The van der Waals surface area contributed by atoms with E-state index in [9.17, 15) is 23.4 Å². The predicted molar refractivity (Wildman–Crippen MR) is 107 cm³/mol. The van der Waals surface area contributed by atoms with Crippen LogP contribution in [0.4, 0.5) is 4.39 Å². The molecular weight excluding hydrogens is 382 g/mol. The smallest absolute Gasteiger partial charge is 0.310 e. The summed E-state index contributed by atoms with van der Waals surface area (Å²) in [6.07, 6.45) is -0.0502. The Labute approximate surface area is 163 Å². The molecule has 7 heteroatoms. The summed E-state index contributed by atoms with van der Waals surface area (Å²) >= 11 is 0. The fraction of sp³-hybridized carbons (Fsp3) is 0.238. The van der Waals surface area contributed by atoms with Gasteiger partial charge >= 0.3 is 5.97 Å². The molecule has 148 valence electrons. The van der Waals surface area contributed by atoms with Gasteiger partial charge in [-0.3, -0.25) is 14.2 Å². The number of rotatable bonds is 7. The average Bonchev–Trinajstić information content (AvgIpc) is 2.54. The highest BCUT2D eigenvalue weighted by Gasteiger charge is 2.21. The maximum absolute atomic E-state index is 13.6. The van der Waals surface area contributed by atoms with E-state index in [0.29, 0.717) is 11.1 Å². The van der Waals surface area contributed by atoms with E-state index in [1.807, 2.05) is 26.0 Å². The van der Waals surface area contributed by atoms with Crippen molar-refractivity contribution in [1.82, 2.24) is 0 Å². The van der Waals surface area contributed by atoms with Crippen molar-refractivity contribution >= 4 is 25.2 Å². The molecule has 1 unspecified atom stereocenters. The lowest BCUT2D eigenvalue weighted by Gasteiger charge is -2.13. The highest BCUT2D eigenvalue weighted by Crippen LogP contribution is 2.44. The van der Waals surface area contributed by atoms with Gasteiger partial charge in [0.25, 0.3) is 0 Å². The number of halogens is 1. The number of hydrogen-bond donors (Lipinski definition) is 2. The number of hydrogen-bond acceptors (Lipinski definition) is 3. The van der Waals surface area contributed by atoms with Crippen molar-refractivity contribution in [2.45, 2.75) is 27.2 Å². The number of carbonyl (C=O) groups is 2. The molecule has 0 saturated carbocycles. The Kier molecular flexibility index (Phi) is 6.70. The Bertz CT molecular complexity index is 1010. The second-order valence-electron chi connectivity index (χ2n) is 6.85. The van der Waals surface area contributed by atoms with Crippen molar-refractivity contribution in [2.75, 3.05) is 6.16 Å². The maximum Gasteiger partial charge on any atom is 0.310 e. The van der Waals surface area contributed by atoms with E-state index in [2.05, 4.69) is 0 Å². The van der Waals surface area contributed by atoms with Gasteiger partial charge in [-0.1, -0.05) is 23.8 Å². The average molecular weight is 404 g/mol. The van der Waals surface area contributed by atoms with Gasteiger partial charge < -0.3 is 10.00 Å². The second-order valence-corrected chi connectivity index (χ2v) is 8.97. The normalized spacial score (nSPS) is 13.5. The van der Waals surface area contributed by atoms with E-state index < -0.39 is 31.7 Å². The monoisotopic (exact) mass is 404 g/mol. The van der Waals surface area contributed by atoms with Gasteiger partial charge in [-0.15, -0.1) is 0 Å². The van der Waals surface area contributed by atoms with Gasteiger partial charge in [0.2, 0.25) is 7.37 Å². The molecule has 0 radical (unpaired) electrons. The summed E-state index contributed by atoms with van der Waals surface area (Å²) in [6, 6.07) is 8.53. The van der Waals surface area contributed by atoms with E-state index in [0.717, 1.165) is 28.1 Å². The fourth-order valence-electron chi connectivity index (χ4n) is 2.97. The summed E-state index contributed by atoms with van der Waals surface area (Å²) < 4.78 is 25.9. The minimum Gasteiger partial charge on any atom is -0.481 e. The maximum atomic E-state index is 13.6. The molecule has 0 heterocycles. The molecule has 0 bridgehead atoms. The first kappa shape index (κ1) is 21.7. The van der Waals surface area contributed by atoms with E-state index in [1.54, 1.807) is 19.1 Å². The topological polar surface area (TPSA) is 91.7 Å². The van der Waals surface area contributed by atoms with Gasteiger partial charge in [0.05, 0.1) is 6.16 Å². The molecule has 5 nitrogen and oxygen atoms in total. The summed E-state index contributed by atoms with van der Waals surface area (Å²) in [7, 11) is -3.98. The van der Waals surface area contributed by atoms with Crippen molar-refractivity contribution in [2.24, 2.45) is 0 Å². The molecule has 0 aliphatic heterocycles. The largest absolute Gasteiger partial charge is 0.481 e. The number of carboxylic acid groups (broad SMARTS) is 1. The lowest BCUT2D eigenvalue weighted by Crippen LogP contribution is -2.10. The number of benzene rings is 2. The van der Waals surface area contributed by atoms with Crippen LogP contribution in [0.3, 0.4) is 0 Å². The van der Waals surface area contributed by atoms with Crippen LogP contribution < -0.4 is 0 Å². The number of Topliss-reactive ketones (excluding diaryl/α,β-unsaturated/α-hetero) is 1. The van der Waals surface area contributed by atoms with Crippen molar-refractivity contribution in [3.63, 3.8) is 0 Å². The summed E-state index contributed by atoms with van der Waals surface area (Å²) in [5, 5.41) is 8.62. The lowest BCUT2D eigenvalue weighted by atomic mass is 9.93. The zero-order chi connectivity index (χ0) is 21.1. The fourth-order valence-corrected chi connectivity index (χ4v) is 4.08. The Balaban J connectivity index is 2.43. The van der Waals surface area contributed by atoms with Crippen LogP contribution in [-0.2, 0) is 14.2 Å². The van der Waals surface area contributed by atoms with Crippen LogP contribution >= 0.6 is 7.37 Å². The minimum atomic E-state index is -3.98. The van der Waals surface area contributed by atoms with Crippen molar-refractivity contribution in [1.29, 1.82) is 0 Å². The summed E-state index contributed by atoms with van der Waals surface area (Å²) in [6.45, 7) is 5.43. The predicted octanol–water partition coefficient (Wildman–Crippen LogP) is 4.70. The minimum absolute atomic E-state index is 0.318.